The highest BCUT2D eigenvalue weighted by molar-refractivity contribution is 7.09. The third-order valence-corrected chi connectivity index (χ3v) is 5.34. The maximum atomic E-state index is 12.9. The Morgan fingerprint density at radius 1 is 1.11 bits per heavy atom. The lowest BCUT2D eigenvalue weighted by molar-refractivity contribution is 0.679. The molecule has 0 aliphatic rings. The predicted molar refractivity (Wildman–Crippen MR) is 104 cm³/mol. The summed E-state index contributed by atoms with van der Waals surface area (Å²) in [6.07, 6.45) is 7.62. The molecule has 5 rings (SSSR count). The molecule has 0 saturated heterocycles. The fourth-order valence-electron chi connectivity index (χ4n) is 3.04. The van der Waals surface area contributed by atoms with E-state index in [0.29, 0.717) is 29.0 Å². The summed E-state index contributed by atoms with van der Waals surface area (Å²) in [6.45, 7) is 0.631. The summed E-state index contributed by atoms with van der Waals surface area (Å²) in [4.78, 5) is 27.0. The van der Waals surface area contributed by atoms with Crippen LogP contribution in [0.4, 0.5) is 0 Å². The van der Waals surface area contributed by atoms with Crippen LogP contribution in [0.2, 0.25) is 0 Å². The number of rotatable bonds is 4. The zero-order chi connectivity index (χ0) is 18.2. The molecule has 5 aromatic rings. The Kier molecular flexibility index (Phi) is 3.75. The van der Waals surface area contributed by atoms with Crippen molar-refractivity contribution in [1.29, 1.82) is 0 Å². The van der Waals surface area contributed by atoms with Gasteiger partial charge in [0.25, 0.3) is 11.3 Å². The highest BCUT2D eigenvalue weighted by Gasteiger charge is 2.12. The predicted octanol–water partition coefficient (Wildman–Crippen LogP) is 2.81. The van der Waals surface area contributed by atoms with Gasteiger partial charge in [0.1, 0.15) is 0 Å². The molecule has 0 atom stereocenters. The van der Waals surface area contributed by atoms with Crippen LogP contribution in [-0.4, -0.2) is 29.1 Å². The van der Waals surface area contributed by atoms with Gasteiger partial charge in [0.2, 0.25) is 0 Å². The lowest BCUT2D eigenvalue weighted by Crippen LogP contribution is -2.21. The van der Waals surface area contributed by atoms with Crippen LogP contribution in [0.15, 0.2) is 65.3 Å². The fourth-order valence-corrected chi connectivity index (χ4v) is 3.74. The van der Waals surface area contributed by atoms with Gasteiger partial charge in [0.15, 0.2) is 5.82 Å². The lowest BCUT2D eigenvalue weighted by atomic mass is 10.3. The van der Waals surface area contributed by atoms with Crippen LogP contribution in [0.3, 0.4) is 0 Å². The van der Waals surface area contributed by atoms with Gasteiger partial charge >= 0.3 is 0 Å². The SMILES string of the molecule is O=c1c2cnc3nc(-c4cccnc4)nn3c2ccn1CCc1cccs1. The molecule has 0 fully saturated rings. The van der Waals surface area contributed by atoms with Gasteiger partial charge in [-0.3, -0.25) is 9.78 Å². The molecule has 0 unspecified atom stereocenters. The summed E-state index contributed by atoms with van der Waals surface area (Å²) in [5.74, 6) is 0.988. The highest BCUT2D eigenvalue weighted by Crippen LogP contribution is 2.17. The molecule has 7 nitrogen and oxygen atoms in total. The Bertz CT molecular complexity index is 1290. The third-order valence-electron chi connectivity index (χ3n) is 4.41. The number of aromatic nitrogens is 6. The molecule has 27 heavy (non-hydrogen) atoms. The van der Waals surface area contributed by atoms with E-state index in [2.05, 4.69) is 26.1 Å². The molecule has 0 N–H and O–H groups in total. The second-order valence-corrected chi connectivity index (χ2v) is 7.12. The highest BCUT2D eigenvalue weighted by atomic mass is 32.1. The molecular weight excluding hydrogens is 360 g/mol. The first kappa shape index (κ1) is 15.8. The Labute approximate surface area is 157 Å². The first-order valence-electron chi connectivity index (χ1n) is 8.47. The van der Waals surface area contributed by atoms with E-state index in [1.165, 1.54) is 4.88 Å². The smallest absolute Gasteiger partial charge is 0.261 e. The first-order valence-corrected chi connectivity index (χ1v) is 9.35. The molecule has 0 aliphatic carbocycles. The van der Waals surface area contributed by atoms with Gasteiger partial charge in [-0.25, -0.2) is 4.98 Å². The number of pyridine rings is 2. The van der Waals surface area contributed by atoms with Gasteiger partial charge in [0.05, 0.1) is 10.9 Å². The minimum Gasteiger partial charge on any atom is -0.314 e. The van der Waals surface area contributed by atoms with Crippen LogP contribution >= 0.6 is 11.3 Å². The van der Waals surface area contributed by atoms with E-state index in [0.717, 1.165) is 12.0 Å². The summed E-state index contributed by atoms with van der Waals surface area (Å²) in [5.41, 5.74) is 1.43. The van der Waals surface area contributed by atoms with Crippen LogP contribution in [0.5, 0.6) is 0 Å². The van der Waals surface area contributed by atoms with Crippen molar-refractivity contribution in [3.05, 3.63) is 75.7 Å². The van der Waals surface area contributed by atoms with E-state index in [1.54, 1.807) is 39.0 Å². The molecule has 0 radical (unpaired) electrons. The summed E-state index contributed by atoms with van der Waals surface area (Å²) in [6, 6.07) is 9.72. The zero-order valence-electron chi connectivity index (χ0n) is 14.2. The van der Waals surface area contributed by atoms with Gasteiger partial charge in [-0.2, -0.15) is 9.50 Å². The number of fused-ring (bicyclic) bond motifs is 3. The average molecular weight is 374 g/mol. The quantitative estimate of drug-likeness (QED) is 0.483. The van der Waals surface area contributed by atoms with E-state index in [-0.39, 0.29) is 5.56 Å². The van der Waals surface area contributed by atoms with Crippen molar-refractivity contribution in [1.82, 2.24) is 29.1 Å². The minimum absolute atomic E-state index is 0.0723. The average Bonchev–Trinajstić information content (AvgIpc) is 3.38. The molecule has 8 heteroatoms. The van der Waals surface area contributed by atoms with Crippen molar-refractivity contribution in [3.8, 4) is 11.4 Å². The Morgan fingerprint density at radius 2 is 2.07 bits per heavy atom. The van der Waals surface area contributed by atoms with E-state index in [1.807, 2.05) is 35.8 Å². The number of aryl methyl sites for hydroxylation is 2. The van der Waals surface area contributed by atoms with E-state index in [4.69, 9.17) is 0 Å². The molecule has 0 amide bonds. The van der Waals surface area contributed by atoms with Gasteiger partial charge < -0.3 is 4.57 Å². The van der Waals surface area contributed by atoms with Crippen molar-refractivity contribution in [2.75, 3.05) is 0 Å². The minimum atomic E-state index is -0.0723. The molecule has 0 aromatic carbocycles. The van der Waals surface area contributed by atoms with Crippen molar-refractivity contribution >= 4 is 28.0 Å². The monoisotopic (exact) mass is 374 g/mol. The Hall–Kier alpha value is -3.39. The number of hydrogen-bond acceptors (Lipinski definition) is 6. The lowest BCUT2D eigenvalue weighted by Gasteiger charge is -2.06. The van der Waals surface area contributed by atoms with E-state index in [9.17, 15) is 4.79 Å². The normalized spacial score (nSPS) is 11.4. The van der Waals surface area contributed by atoms with Crippen molar-refractivity contribution < 1.29 is 0 Å². The summed E-state index contributed by atoms with van der Waals surface area (Å²) >= 11 is 1.70. The molecule has 132 valence electrons. The largest absolute Gasteiger partial charge is 0.314 e. The van der Waals surface area contributed by atoms with E-state index < -0.39 is 0 Å². The van der Waals surface area contributed by atoms with Gasteiger partial charge in [-0.05, 0) is 36.1 Å². The Balaban J connectivity index is 1.58. The maximum absolute atomic E-state index is 12.9. The second kappa shape index (κ2) is 6.40. The van der Waals surface area contributed by atoms with Crippen LogP contribution in [0.25, 0.3) is 28.1 Å². The van der Waals surface area contributed by atoms with E-state index >= 15 is 0 Å². The molecular formula is C19H14N6OS. The zero-order valence-corrected chi connectivity index (χ0v) is 15.0. The topological polar surface area (TPSA) is 78.0 Å². The molecule has 0 saturated carbocycles. The first-order chi connectivity index (χ1) is 13.3. The van der Waals surface area contributed by atoms with Gasteiger partial charge in [-0.1, -0.05) is 6.07 Å². The Morgan fingerprint density at radius 3 is 2.89 bits per heavy atom. The number of hydrogen-bond donors (Lipinski definition) is 0. The molecule has 0 aliphatic heterocycles. The maximum Gasteiger partial charge on any atom is 0.261 e. The number of thiophene rings is 1. The summed E-state index contributed by atoms with van der Waals surface area (Å²) in [7, 11) is 0. The summed E-state index contributed by atoms with van der Waals surface area (Å²) < 4.78 is 3.33. The van der Waals surface area contributed by atoms with Crippen LogP contribution in [-0.2, 0) is 13.0 Å². The molecule has 5 heterocycles. The van der Waals surface area contributed by atoms with Crippen LogP contribution in [0, 0.1) is 0 Å². The van der Waals surface area contributed by atoms with Gasteiger partial charge in [0, 0.05) is 41.8 Å². The van der Waals surface area contributed by atoms with Gasteiger partial charge in [-0.15, -0.1) is 16.4 Å². The number of nitrogens with zero attached hydrogens (tertiary/aromatic N) is 6. The molecule has 0 spiro atoms. The van der Waals surface area contributed by atoms with Crippen molar-refractivity contribution in [3.63, 3.8) is 0 Å². The summed E-state index contributed by atoms with van der Waals surface area (Å²) in [5, 5.41) is 7.10. The fraction of sp³-hybridized carbons (Fsp3) is 0.105. The molecule has 5 aromatic heterocycles. The second-order valence-electron chi connectivity index (χ2n) is 6.09. The molecule has 0 bridgehead atoms. The van der Waals surface area contributed by atoms with Crippen LogP contribution in [0.1, 0.15) is 4.88 Å². The van der Waals surface area contributed by atoms with Crippen LogP contribution < -0.4 is 5.56 Å². The van der Waals surface area contributed by atoms with Crippen molar-refractivity contribution in [2.45, 2.75) is 13.0 Å². The standard InChI is InChI=1S/C19H14N6OS/c26-18-15-12-21-19-22-17(13-3-1-7-20-11-13)23-25(19)16(15)6-9-24(18)8-5-14-4-2-10-27-14/h1-4,6-7,9-12H,5,8H2. The third kappa shape index (κ3) is 2.80. The van der Waals surface area contributed by atoms with Crippen molar-refractivity contribution in [2.24, 2.45) is 0 Å².